The van der Waals surface area contributed by atoms with Gasteiger partial charge in [0.2, 0.25) is 0 Å². The van der Waals surface area contributed by atoms with Crippen molar-refractivity contribution in [3.05, 3.63) is 38.0 Å². The van der Waals surface area contributed by atoms with E-state index < -0.39 is 8.07 Å². The van der Waals surface area contributed by atoms with Gasteiger partial charge in [-0.3, -0.25) is 0 Å². The number of nitrogens with zero attached hydrogens (tertiary/aromatic N) is 1. The fourth-order valence-corrected chi connectivity index (χ4v) is 3.04. The molecule has 0 aromatic rings. The first-order chi connectivity index (χ1) is 7.39. The summed E-state index contributed by atoms with van der Waals surface area (Å²) in [4.78, 5) is 0. The molecule has 0 atom stereocenters. The monoisotopic (exact) mass is 238 g/mol. The zero-order chi connectivity index (χ0) is 12.7. The first kappa shape index (κ1) is 15.4. The molecule has 0 aliphatic carbocycles. The van der Waals surface area contributed by atoms with Crippen LogP contribution in [0, 0.1) is 0 Å². The van der Waals surface area contributed by atoms with Crippen LogP contribution >= 0.6 is 0 Å². The van der Waals surface area contributed by atoms with E-state index in [4.69, 9.17) is 0 Å². The Morgan fingerprint density at radius 1 is 0.875 bits per heavy atom. The zero-order valence-electron chi connectivity index (χ0n) is 11.3. The first-order valence-corrected chi connectivity index (χ1v) is 9.78. The van der Waals surface area contributed by atoms with E-state index >= 15 is 0 Å². The molecule has 0 aliphatic heterocycles. The molecule has 2 heteroatoms. The normalized spacial score (nSPS) is 12.2. The van der Waals surface area contributed by atoms with Gasteiger partial charge in [-0.05, 0) is 24.3 Å². The molecule has 0 unspecified atom stereocenters. The molecule has 0 rings (SSSR count). The lowest BCUT2D eigenvalue weighted by molar-refractivity contribution is -0.910. The van der Waals surface area contributed by atoms with Crippen molar-refractivity contribution >= 4 is 8.07 Å². The van der Waals surface area contributed by atoms with Crippen LogP contribution in [0.4, 0.5) is 0 Å². The van der Waals surface area contributed by atoms with Crippen LogP contribution in [0.1, 0.15) is 0 Å². The van der Waals surface area contributed by atoms with Crippen molar-refractivity contribution < 1.29 is 4.48 Å². The van der Waals surface area contributed by atoms with Gasteiger partial charge in [0.15, 0.2) is 0 Å². The van der Waals surface area contributed by atoms with Crippen LogP contribution in [0.25, 0.3) is 0 Å². The Hall–Kier alpha value is -0.603. The Morgan fingerprint density at radius 3 is 1.50 bits per heavy atom. The average Bonchev–Trinajstić information content (AvgIpc) is 2.15. The maximum atomic E-state index is 3.88. The van der Waals surface area contributed by atoms with Crippen LogP contribution in [-0.4, -0.2) is 38.7 Å². The third-order valence-corrected chi connectivity index (χ3v) is 4.61. The van der Waals surface area contributed by atoms with Crippen molar-refractivity contribution in [2.75, 3.05) is 26.2 Å². The minimum Gasteiger partial charge on any atom is -0.314 e. The molecule has 0 saturated carbocycles. The molecule has 0 aromatic carbocycles. The number of rotatable bonds is 9. The summed E-state index contributed by atoms with van der Waals surface area (Å²) < 4.78 is 1.04. The molecule has 0 radical (unpaired) electrons. The smallest absolute Gasteiger partial charge is 0.0975 e. The first-order valence-electron chi connectivity index (χ1n) is 6.07. The van der Waals surface area contributed by atoms with Gasteiger partial charge in [-0.15, -0.1) is 0 Å². The van der Waals surface area contributed by atoms with E-state index in [9.17, 15) is 0 Å². The molecule has 16 heavy (non-hydrogen) atoms. The highest BCUT2D eigenvalue weighted by Gasteiger charge is 2.26. The van der Waals surface area contributed by atoms with E-state index in [2.05, 4.69) is 39.4 Å². The largest absolute Gasteiger partial charge is 0.314 e. The van der Waals surface area contributed by atoms with Crippen molar-refractivity contribution in [3.63, 3.8) is 0 Å². The van der Waals surface area contributed by atoms with Crippen LogP contribution in [0.15, 0.2) is 38.0 Å². The number of hydrogen-bond acceptors (Lipinski definition) is 0. The summed E-state index contributed by atoms with van der Waals surface area (Å²) in [5.74, 6) is 0. The van der Waals surface area contributed by atoms with Gasteiger partial charge in [-0.25, -0.2) is 0 Å². The predicted octanol–water partition coefficient (Wildman–Crippen LogP) is 3.70. The topological polar surface area (TPSA) is 0 Å². The van der Waals surface area contributed by atoms with E-state index in [0.29, 0.717) is 0 Å². The molecule has 0 spiro atoms. The highest BCUT2D eigenvalue weighted by molar-refractivity contribution is 6.76. The fourth-order valence-electron chi connectivity index (χ4n) is 1.89. The SMILES string of the molecule is C=CC[N+](CC=C)(CC=C)CC[Si](C)(C)C. The second-order valence-electron chi connectivity index (χ2n) is 5.79. The van der Waals surface area contributed by atoms with Crippen molar-refractivity contribution in [1.82, 2.24) is 0 Å². The standard InChI is InChI=1S/C14H28NSi/c1-7-10-15(11-8-2,12-9-3)13-14-16(4,5)6/h7-9H,1-3,10-14H2,4-6H3/q+1. The second kappa shape index (κ2) is 6.87. The highest BCUT2D eigenvalue weighted by atomic mass is 28.3. The molecule has 0 heterocycles. The van der Waals surface area contributed by atoms with Gasteiger partial charge < -0.3 is 4.48 Å². The Kier molecular flexibility index (Phi) is 6.61. The summed E-state index contributed by atoms with van der Waals surface area (Å²) in [7, 11) is -0.973. The van der Waals surface area contributed by atoms with Crippen molar-refractivity contribution in [2.45, 2.75) is 25.7 Å². The van der Waals surface area contributed by atoms with E-state index in [-0.39, 0.29) is 0 Å². The molecule has 0 aromatic heterocycles. The maximum Gasteiger partial charge on any atom is 0.0975 e. The molecule has 0 fully saturated rings. The average molecular weight is 238 g/mol. The van der Waals surface area contributed by atoms with E-state index in [1.165, 1.54) is 12.6 Å². The van der Waals surface area contributed by atoms with Gasteiger partial charge in [0.1, 0.15) is 0 Å². The summed E-state index contributed by atoms with van der Waals surface area (Å²) in [6.45, 7) is 23.2. The lowest BCUT2D eigenvalue weighted by atomic mass is 10.3. The summed E-state index contributed by atoms with van der Waals surface area (Å²) in [5, 5.41) is 0. The van der Waals surface area contributed by atoms with Gasteiger partial charge in [0, 0.05) is 0 Å². The lowest BCUT2D eigenvalue weighted by Crippen LogP contribution is -2.50. The van der Waals surface area contributed by atoms with Crippen LogP contribution in [0.5, 0.6) is 0 Å². The molecule has 1 nitrogen and oxygen atoms in total. The van der Waals surface area contributed by atoms with Crippen LogP contribution in [0.2, 0.25) is 25.7 Å². The summed E-state index contributed by atoms with van der Waals surface area (Å²) in [6.07, 6.45) is 6.08. The van der Waals surface area contributed by atoms with Gasteiger partial charge in [-0.2, -0.15) is 0 Å². The van der Waals surface area contributed by atoms with Crippen molar-refractivity contribution in [1.29, 1.82) is 0 Å². The lowest BCUT2D eigenvalue weighted by Gasteiger charge is -2.37. The Bertz CT molecular complexity index is 211. The number of hydrogen-bond donors (Lipinski definition) is 0. The predicted molar refractivity (Wildman–Crippen MR) is 78.5 cm³/mol. The summed E-state index contributed by atoms with van der Waals surface area (Å²) in [6, 6.07) is 1.35. The maximum absolute atomic E-state index is 3.88. The van der Waals surface area contributed by atoms with Gasteiger partial charge in [0.05, 0.1) is 34.3 Å². The molecule has 0 amide bonds. The fraction of sp³-hybridized carbons (Fsp3) is 0.571. The molecule has 0 aliphatic rings. The Balaban J connectivity index is 4.64. The third-order valence-electron chi connectivity index (χ3n) is 2.89. The molecule has 0 saturated heterocycles. The van der Waals surface area contributed by atoms with Crippen LogP contribution < -0.4 is 0 Å². The van der Waals surface area contributed by atoms with Crippen LogP contribution in [0.3, 0.4) is 0 Å². The minimum atomic E-state index is -0.973. The van der Waals surface area contributed by atoms with Gasteiger partial charge in [0.25, 0.3) is 0 Å². The quantitative estimate of drug-likeness (QED) is 0.326. The molecule has 92 valence electrons. The summed E-state index contributed by atoms with van der Waals surface area (Å²) >= 11 is 0. The second-order valence-corrected chi connectivity index (χ2v) is 11.4. The Morgan fingerprint density at radius 2 is 1.25 bits per heavy atom. The third kappa shape index (κ3) is 6.08. The van der Waals surface area contributed by atoms with Gasteiger partial charge in [-0.1, -0.05) is 39.4 Å². The highest BCUT2D eigenvalue weighted by Crippen LogP contribution is 2.16. The minimum absolute atomic E-state index is 0.973. The Labute approximate surface area is 103 Å². The number of quaternary nitrogens is 1. The van der Waals surface area contributed by atoms with E-state index in [0.717, 1.165) is 24.1 Å². The van der Waals surface area contributed by atoms with Crippen molar-refractivity contribution in [3.8, 4) is 0 Å². The van der Waals surface area contributed by atoms with Gasteiger partial charge >= 0.3 is 0 Å². The molecular weight excluding hydrogens is 210 g/mol. The molecule has 0 bridgehead atoms. The zero-order valence-corrected chi connectivity index (χ0v) is 12.3. The van der Waals surface area contributed by atoms with Crippen molar-refractivity contribution in [2.24, 2.45) is 0 Å². The van der Waals surface area contributed by atoms with E-state index in [1.54, 1.807) is 0 Å². The van der Waals surface area contributed by atoms with E-state index in [1.807, 2.05) is 18.2 Å². The molecular formula is C14H28NSi+. The van der Waals surface area contributed by atoms with Crippen LogP contribution in [-0.2, 0) is 0 Å². The summed E-state index contributed by atoms with van der Waals surface area (Å²) in [5.41, 5.74) is 0. The molecule has 0 N–H and O–H groups in total.